The van der Waals surface area contributed by atoms with Crippen molar-refractivity contribution >= 4 is 17.5 Å². The summed E-state index contributed by atoms with van der Waals surface area (Å²) >= 11 is 0. The third kappa shape index (κ3) is 2.72. The molecule has 1 atom stereocenters. The Labute approximate surface area is 136 Å². The van der Waals surface area contributed by atoms with Crippen LogP contribution in [0.5, 0.6) is 0 Å². The van der Waals surface area contributed by atoms with Crippen LogP contribution in [0.4, 0.5) is 5.69 Å². The molecule has 3 rings (SSSR count). The number of anilines is 1. The van der Waals surface area contributed by atoms with Crippen LogP contribution < -0.4 is 10.2 Å². The molecule has 0 aliphatic carbocycles. The van der Waals surface area contributed by atoms with Gasteiger partial charge in [0.25, 0.3) is 5.91 Å². The molecule has 2 aromatic rings. The first kappa shape index (κ1) is 15.3. The molecule has 2 amide bonds. The fourth-order valence-corrected chi connectivity index (χ4v) is 3.19. The zero-order chi connectivity index (χ0) is 16.6. The third-order valence-electron chi connectivity index (χ3n) is 4.24. The van der Waals surface area contributed by atoms with Crippen molar-refractivity contribution in [1.29, 1.82) is 0 Å². The van der Waals surface area contributed by atoms with E-state index in [2.05, 4.69) is 5.32 Å². The molecule has 0 unspecified atom stereocenters. The van der Waals surface area contributed by atoms with Gasteiger partial charge in [-0.2, -0.15) is 0 Å². The largest absolute Gasteiger partial charge is 0.341 e. The second-order valence-corrected chi connectivity index (χ2v) is 6.01. The molecule has 1 N–H and O–H groups in total. The van der Waals surface area contributed by atoms with Crippen molar-refractivity contribution in [3.8, 4) is 0 Å². The summed E-state index contributed by atoms with van der Waals surface area (Å²) in [7, 11) is 0. The fraction of sp³-hybridized carbons (Fsp3) is 0.263. The Bertz CT molecular complexity index is 768. The molecule has 0 saturated carbocycles. The molecular formula is C19H20N2O2. The standard InChI is InChI=1S/C19H20N2O2/c1-12-9-10-13(2)18-16(12)17(20-14(3)22)19(23)21(18)11-15-7-5-4-6-8-15/h4-10,17H,11H2,1-3H3,(H,20,22)/t17-/m0/s1. The zero-order valence-corrected chi connectivity index (χ0v) is 13.6. The Morgan fingerprint density at radius 2 is 1.74 bits per heavy atom. The van der Waals surface area contributed by atoms with Gasteiger partial charge in [0, 0.05) is 12.5 Å². The summed E-state index contributed by atoms with van der Waals surface area (Å²) in [5, 5.41) is 2.80. The molecule has 0 aromatic heterocycles. The zero-order valence-electron chi connectivity index (χ0n) is 13.6. The van der Waals surface area contributed by atoms with Crippen LogP contribution in [0.2, 0.25) is 0 Å². The Morgan fingerprint density at radius 1 is 1.09 bits per heavy atom. The summed E-state index contributed by atoms with van der Waals surface area (Å²) in [5.74, 6) is -0.270. The average molecular weight is 308 g/mol. The first-order valence-corrected chi connectivity index (χ1v) is 7.71. The number of hydrogen-bond acceptors (Lipinski definition) is 2. The first-order valence-electron chi connectivity index (χ1n) is 7.71. The SMILES string of the molecule is CC(=O)N[C@@H]1C(=O)N(Cc2ccccc2)c2c(C)ccc(C)c21. The number of nitrogens with zero attached hydrogens (tertiary/aromatic N) is 1. The van der Waals surface area contributed by atoms with Gasteiger partial charge in [0.15, 0.2) is 0 Å². The molecule has 0 saturated heterocycles. The van der Waals surface area contributed by atoms with E-state index in [9.17, 15) is 9.59 Å². The van der Waals surface area contributed by atoms with E-state index < -0.39 is 6.04 Å². The maximum Gasteiger partial charge on any atom is 0.254 e. The van der Waals surface area contributed by atoms with Gasteiger partial charge in [-0.3, -0.25) is 9.59 Å². The van der Waals surface area contributed by atoms with E-state index in [1.165, 1.54) is 6.92 Å². The number of nitrogens with one attached hydrogen (secondary N) is 1. The average Bonchev–Trinajstić information content (AvgIpc) is 2.78. The summed E-state index contributed by atoms with van der Waals surface area (Å²) in [5.41, 5.74) is 4.98. The smallest absolute Gasteiger partial charge is 0.254 e. The Morgan fingerprint density at radius 3 is 2.39 bits per heavy atom. The number of carbonyl (C=O) groups excluding carboxylic acids is 2. The number of carbonyl (C=O) groups is 2. The van der Waals surface area contributed by atoms with E-state index in [0.29, 0.717) is 6.54 Å². The highest BCUT2D eigenvalue weighted by molar-refractivity contribution is 6.07. The predicted molar refractivity (Wildman–Crippen MR) is 90.1 cm³/mol. The van der Waals surface area contributed by atoms with Gasteiger partial charge in [-0.15, -0.1) is 0 Å². The fourth-order valence-electron chi connectivity index (χ4n) is 3.19. The van der Waals surface area contributed by atoms with E-state index in [1.54, 1.807) is 4.90 Å². The molecule has 0 spiro atoms. The van der Waals surface area contributed by atoms with E-state index in [0.717, 1.165) is 27.9 Å². The highest BCUT2D eigenvalue weighted by Crippen LogP contribution is 2.41. The van der Waals surface area contributed by atoms with Crippen LogP contribution in [-0.2, 0) is 16.1 Å². The van der Waals surface area contributed by atoms with Crippen molar-refractivity contribution in [3.05, 3.63) is 64.7 Å². The number of aryl methyl sites for hydroxylation is 2. The molecule has 0 fully saturated rings. The van der Waals surface area contributed by atoms with Gasteiger partial charge in [0.05, 0.1) is 12.2 Å². The van der Waals surface area contributed by atoms with Crippen molar-refractivity contribution in [2.75, 3.05) is 4.90 Å². The minimum atomic E-state index is -0.592. The monoisotopic (exact) mass is 308 g/mol. The first-order chi connectivity index (χ1) is 11.0. The second-order valence-electron chi connectivity index (χ2n) is 6.01. The van der Waals surface area contributed by atoms with Crippen molar-refractivity contribution in [2.45, 2.75) is 33.4 Å². The minimum Gasteiger partial charge on any atom is -0.341 e. The lowest BCUT2D eigenvalue weighted by molar-refractivity contribution is -0.126. The molecule has 23 heavy (non-hydrogen) atoms. The molecule has 1 aliphatic rings. The second kappa shape index (κ2) is 5.88. The summed E-state index contributed by atoms with van der Waals surface area (Å²) < 4.78 is 0. The molecule has 118 valence electrons. The van der Waals surface area contributed by atoms with Crippen LogP contribution >= 0.6 is 0 Å². The molecule has 4 nitrogen and oxygen atoms in total. The van der Waals surface area contributed by atoms with Gasteiger partial charge >= 0.3 is 0 Å². The maximum absolute atomic E-state index is 12.9. The minimum absolute atomic E-state index is 0.0727. The number of hydrogen-bond donors (Lipinski definition) is 1. The van der Waals surface area contributed by atoms with E-state index in [4.69, 9.17) is 0 Å². The lowest BCUT2D eigenvalue weighted by atomic mass is 9.99. The van der Waals surface area contributed by atoms with Crippen molar-refractivity contribution in [2.24, 2.45) is 0 Å². The number of benzene rings is 2. The Kier molecular flexibility index (Phi) is 3.90. The number of rotatable bonds is 3. The Hall–Kier alpha value is -2.62. The van der Waals surface area contributed by atoms with Crippen molar-refractivity contribution in [1.82, 2.24) is 5.32 Å². The molecule has 2 aromatic carbocycles. The van der Waals surface area contributed by atoms with Crippen molar-refractivity contribution in [3.63, 3.8) is 0 Å². The molecule has 0 bridgehead atoms. The highest BCUT2D eigenvalue weighted by atomic mass is 16.2. The molecule has 4 heteroatoms. The third-order valence-corrected chi connectivity index (χ3v) is 4.24. The maximum atomic E-state index is 12.9. The quantitative estimate of drug-likeness (QED) is 0.947. The van der Waals surface area contributed by atoms with Gasteiger partial charge in [-0.05, 0) is 30.5 Å². The van der Waals surface area contributed by atoms with Crippen LogP contribution in [0, 0.1) is 13.8 Å². The molecule has 1 aliphatic heterocycles. The van der Waals surface area contributed by atoms with Gasteiger partial charge in [-0.1, -0.05) is 42.5 Å². The lowest BCUT2D eigenvalue weighted by Crippen LogP contribution is -2.36. The van der Waals surface area contributed by atoms with Crippen molar-refractivity contribution < 1.29 is 9.59 Å². The van der Waals surface area contributed by atoms with Gasteiger partial charge in [0.1, 0.15) is 6.04 Å². The van der Waals surface area contributed by atoms with Gasteiger partial charge in [0.2, 0.25) is 5.91 Å². The van der Waals surface area contributed by atoms with Crippen LogP contribution in [-0.4, -0.2) is 11.8 Å². The topological polar surface area (TPSA) is 49.4 Å². The van der Waals surface area contributed by atoms with Crippen LogP contribution in [0.1, 0.15) is 35.2 Å². The van der Waals surface area contributed by atoms with E-state index in [1.807, 2.05) is 56.3 Å². The van der Waals surface area contributed by atoms with Crippen LogP contribution in [0.25, 0.3) is 0 Å². The van der Waals surface area contributed by atoms with Gasteiger partial charge in [-0.25, -0.2) is 0 Å². The Balaban J connectivity index is 2.07. The summed E-state index contributed by atoms with van der Waals surface area (Å²) in [6.45, 7) is 5.93. The normalized spacial score (nSPS) is 16.4. The predicted octanol–water partition coefficient (Wildman–Crippen LogP) is 3.03. The number of amides is 2. The van der Waals surface area contributed by atoms with E-state index >= 15 is 0 Å². The summed E-state index contributed by atoms with van der Waals surface area (Å²) in [4.78, 5) is 26.2. The van der Waals surface area contributed by atoms with Gasteiger partial charge < -0.3 is 10.2 Å². The number of fused-ring (bicyclic) bond motifs is 1. The van der Waals surface area contributed by atoms with Crippen LogP contribution in [0.3, 0.4) is 0 Å². The lowest BCUT2D eigenvalue weighted by Gasteiger charge is -2.20. The highest BCUT2D eigenvalue weighted by Gasteiger charge is 2.39. The summed E-state index contributed by atoms with van der Waals surface area (Å²) in [6.07, 6.45) is 0. The van der Waals surface area contributed by atoms with E-state index in [-0.39, 0.29) is 11.8 Å². The van der Waals surface area contributed by atoms with Crippen LogP contribution in [0.15, 0.2) is 42.5 Å². The molecule has 0 radical (unpaired) electrons. The molecular weight excluding hydrogens is 288 g/mol. The summed E-state index contributed by atoms with van der Waals surface area (Å²) in [6, 6.07) is 13.3. The molecule has 1 heterocycles.